The number of halogens is 1. The number of hydrogen-bond donors (Lipinski definition) is 4. The summed E-state index contributed by atoms with van der Waals surface area (Å²) in [5.41, 5.74) is 15.2. The second-order valence-electron chi connectivity index (χ2n) is 7.95. The van der Waals surface area contributed by atoms with Crippen LogP contribution in [0, 0.1) is 5.82 Å². The van der Waals surface area contributed by atoms with E-state index >= 15 is 0 Å². The van der Waals surface area contributed by atoms with E-state index in [4.69, 9.17) is 10.5 Å². The van der Waals surface area contributed by atoms with Crippen molar-refractivity contribution in [3.05, 3.63) is 77.8 Å². The van der Waals surface area contributed by atoms with Gasteiger partial charge in [-0.15, -0.1) is 0 Å². The first-order valence-electron chi connectivity index (χ1n) is 10.9. The van der Waals surface area contributed by atoms with Gasteiger partial charge in [0.15, 0.2) is 0 Å². The standard InChI is InChI=1S/C24H32FN5O2/c1-4-6-17(11-14-26)21-22(18-7-9-19(25)10-8-18)28-29-24(21,3)27-20-12-15-30(16-13-20)23(31)32-5-2/h4,6-11,14,20,27-29H,1,5,12-13,15-16,26H2,2-3H3/b14-11-,17-6+. The predicted molar refractivity (Wildman–Crippen MR) is 124 cm³/mol. The average Bonchev–Trinajstić information content (AvgIpc) is 3.11. The van der Waals surface area contributed by atoms with Gasteiger partial charge in [-0.2, -0.15) is 0 Å². The molecule has 172 valence electrons. The lowest BCUT2D eigenvalue weighted by atomic mass is 9.89. The van der Waals surface area contributed by atoms with E-state index in [2.05, 4.69) is 22.7 Å². The van der Waals surface area contributed by atoms with Crippen molar-refractivity contribution in [3.63, 3.8) is 0 Å². The summed E-state index contributed by atoms with van der Waals surface area (Å²) in [4.78, 5) is 13.8. The number of carbonyl (C=O) groups is 1. The highest BCUT2D eigenvalue weighted by molar-refractivity contribution is 5.77. The van der Waals surface area contributed by atoms with Crippen LogP contribution in [-0.2, 0) is 4.74 Å². The smallest absolute Gasteiger partial charge is 0.409 e. The lowest BCUT2D eigenvalue weighted by Crippen LogP contribution is -2.60. The SMILES string of the molecule is C=C/C=C(\C=C/N)C1=C(c2ccc(F)cc2)NNC1(C)NC1CCN(C(=O)OCC)CC1. The fourth-order valence-corrected chi connectivity index (χ4v) is 4.22. The van der Waals surface area contributed by atoms with Crippen molar-refractivity contribution < 1.29 is 13.9 Å². The van der Waals surface area contributed by atoms with Crippen molar-refractivity contribution >= 4 is 11.8 Å². The van der Waals surface area contributed by atoms with Gasteiger partial charge in [-0.05, 0) is 74.4 Å². The van der Waals surface area contributed by atoms with Crippen LogP contribution in [0.3, 0.4) is 0 Å². The topological polar surface area (TPSA) is 91.6 Å². The van der Waals surface area contributed by atoms with E-state index in [1.807, 2.05) is 26.0 Å². The number of ether oxygens (including phenoxy) is 1. The zero-order chi connectivity index (χ0) is 23.1. The number of nitrogens with one attached hydrogen (secondary N) is 3. The molecule has 1 fully saturated rings. The summed E-state index contributed by atoms with van der Waals surface area (Å²) in [6.45, 7) is 9.31. The highest BCUT2D eigenvalue weighted by Gasteiger charge is 2.40. The van der Waals surface area contributed by atoms with Crippen molar-refractivity contribution in [1.29, 1.82) is 0 Å². The Kier molecular flexibility index (Phi) is 7.71. The van der Waals surface area contributed by atoms with Gasteiger partial charge in [0.25, 0.3) is 0 Å². The first kappa shape index (κ1) is 23.6. The molecule has 2 heterocycles. The van der Waals surface area contributed by atoms with Crippen LogP contribution in [0.25, 0.3) is 5.70 Å². The first-order valence-corrected chi connectivity index (χ1v) is 10.9. The molecule has 0 aliphatic carbocycles. The minimum Gasteiger partial charge on any atom is -0.450 e. The molecule has 0 radical (unpaired) electrons. The molecule has 2 aliphatic rings. The van der Waals surface area contributed by atoms with E-state index in [-0.39, 0.29) is 18.0 Å². The maximum absolute atomic E-state index is 13.5. The van der Waals surface area contributed by atoms with Gasteiger partial charge in [0.05, 0.1) is 12.3 Å². The average molecular weight is 442 g/mol. The number of benzene rings is 1. The number of carbonyl (C=O) groups excluding carboxylic acids is 1. The van der Waals surface area contributed by atoms with Crippen molar-refractivity contribution in [2.24, 2.45) is 5.73 Å². The Morgan fingerprint density at radius 2 is 2.06 bits per heavy atom. The number of hydrazine groups is 1. The highest BCUT2D eigenvalue weighted by Crippen LogP contribution is 2.35. The number of rotatable bonds is 7. The van der Waals surface area contributed by atoms with Crippen LogP contribution in [0.1, 0.15) is 32.3 Å². The molecule has 0 aromatic heterocycles. The first-order chi connectivity index (χ1) is 15.4. The van der Waals surface area contributed by atoms with Gasteiger partial charge < -0.3 is 20.8 Å². The number of piperidine rings is 1. The molecule has 0 bridgehead atoms. The van der Waals surface area contributed by atoms with E-state index in [0.29, 0.717) is 19.7 Å². The summed E-state index contributed by atoms with van der Waals surface area (Å²) >= 11 is 0. The third-order valence-electron chi connectivity index (χ3n) is 5.70. The van der Waals surface area contributed by atoms with Gasteiger partial charge in [0, 0.05) is 24.7 Å². The molecular weight excluding hydrogens is 409 g/mol. The minimum absolute atomic E-state index is 0.175. The van der Waals surface area contributed by atoms with Gasteiger partial charge in [-0.3, -0.25) is 5.32 Å². The number of allylic oxidation sites excluding steroid dienone is 3. The fourth-order valence-electron chi connectivity index (χ4n) is 4.22. The van der Waals surface area contributed by atoms with E-state index in [9.17, 15) is 9.18 Å². The molecule has 1 amide bonds. The van der Waals surface area contributed by atoms with Crippen LogP contribution in [0.2, 0.25) is 0 Å². The molecule has 0 spiro atoms. The molecule has 8 heteroatoms. The third kappa shape index (κ3) is 5.20. The zero-order valence-corrected chi connectivity index (χ0v) is 18.7. The molecule has 5 N–H and O–H groups in total. The predicted octanol–water partition coefficient (Wildman–Crippen LogP) is 3.16. The number of hydrogen-bond acceptors (Lipinski definition) is 6. The molecule has 7 nitrogen and oxygen atoms in total. The van der Waals surface area contributed by atoms with Gasteiger partial charge in [0.1, 0.15) is 11.5 Å². The van der Waals surface area contributed by atoms with Gasteiger partial charge in [-0.25, -0.2) is 14.6 Å². The van der Waals surface area contributed by atoms with Crippen LogP contribution in [0.15, 0.2) is 66.4 Å². The Bertz CT molecular complexity index is 917. The van der Waals surface area contributed by atoms with E-state index < -0.39 is 5.66 Å². The lowest BCUT2D eigenvalue weighted by molar-refractivity contribution is 0.0922. The molecule has 1 aromatic carbocycles. The molecule has 1 saturated heterocycles. The van der Waals surface area contributed by atoms with Crippen molar-refractivity contribution in [1.82, 2.24) is 21.1 Å². The van der Waals surface area contributed by atoms with Crippen LogP contribution in [0.5, 0.6) is 0 Å². The minimum atomic E-state index is -0.644. The number of nitrogens with zero attached hydrogens (tertiary/aromatic N) is 1. The van der Waals surface area contributed by atoms with Crippen LogP contribution < -0.4 is 21.9 Å². The number of likely N-dealkylation sites (tertiary alicyclic amines) is 1. The molecule has 1 atom stereocenters. The Morgan fingerprint density at radius 1 is 1.38 bits per heavy atom. The van der Waals surface area contributed by atoms with Gasteiger partial charge in [-0.1, -0.05) is 18.7 Å². The van der Waals surface area contributed by atoms with Crippen LogP contribution in [0.4, 0.5) is 9.18 Å². The molecule has 1 unspecified atom stereocenters. The number of amides is 1. The summed E-state index contributed by atoms with van der Waals surface area (Å²) in [7, 11) is 0. The molecule has 2 aliphatic heterocycles. The van der Waals surface area contributed by atoms with Crippen molar-refractivity contribution in [2.75, 3.05) is 19.7 Å². The number of nitrogens with two attached hydrogens (primary N) is 1. The van der Waals surface area contributed by atoms with Crippen LogP contribution in [-0.4, -0.2) is 42.4 Å². The fraction of sp³-hybridized carbons (Fsp3) is 0.375. The Labute approximate surface area is 188 Å². The molecule has 1 aromatic rings. The summed E-state index contributed by atoms with van der Waals surface area (Å²) in [6.07, 6.45) is 8.23. The Balaban J connectivity index is 1.88. The van der Waals surface area contributed by atoms with Crippen molar-refractivity contribution in [3.8, 4) is 0 Å². The summed E-state index contributed by atoms with van der Waals surface area (Å²) in [6, 6.07) is 6.52. The summed E-state index contributed by atoms with van der Waals surface area (Å²) in [5.74, 6) is -0.292. The second-order valence-corrected chi connectivity index (χ2v) is 7.95. The van der Waals surface area contributed by atoms with Crippen molar-refractivity contribution in [2.45, 2.75) is 38.4 Å². The maximum atomic E-state index is 13.5. The Hall–Kier alpha value is -3.10. The molecule has 3 rings (SSSR count). The van der Waals surface area contributed by atoms with Gasteiger partial charge in [0.2, 0.25) is 0 Å². The van der Waals surface area contributed by atoms with E-state index in [0.717, 1.165) is 35.2 Å². The zero-order valence-electron chi connectivity index (χ0n) is 18.7. The summed E-state index contributed by atoms with van der Waals surface area (Å²) < 4.78 is 18.6. The van der Waals surface area contributed by atoms with E-state index in [1.54, 1.807) is 23.1 Å². The molecule has 32 heavy (non-hydrogen) atoms. The Morgan fingerprint density at radius 3 is 2.66 bits per heavy atom. The lowest BCUT2D eigenvalue weighted by Gasteiger charge is -2.38. The van der Waals surface area contributed by atoms with Gasteiger partial charge >= 0.3 is 6.09 Å². The monoisotopic (exact) mass is 441 g/mol. The third-order valence-corrected chi connectivity index (χ3v) is 5.70. The quantitative estimate of drug-likeness (QED) is 0.486. The second kappa shape index (κ2) is 10.5. The normalized spacial score (nSPS) is 22.3. The van der Waals surface area contributed by atoms with E-state index in [1.165, 1.54) is 18.3 Å². The molecule has 0 saturated carbocycles. The maximum Gasteiger partial charge on any atom is 0.409 e. The molecular formula is C24H32FN5O2. The largest absolute Gasteiger partial charge is 0.450 e. The summed E-state index contributed by atoms with van der Waals surface area (Å²) in [5, 5.41) is 3.71. The highest BCUT2D eigenvalue weighted by atomic mass is 19.1. The van der Waals surface area contributed by atoms with Crippen LogP contribution >= 0.6 is 0 Å².